The molecule has 0 fully saturated rings. The summed E-state index contributed by atoms with van der Waals surface area (Å²) in [5.74, 6) is 0.561. The molecule has 0 atom stereocenters. The van der Waals surface area contributed by atoms with Crippen LogP contribution in [0.1, 0.15) is 36.6 Å². The third kappa shape index (κ3) is 6.01. The highest BCUT2D eigenvalue weighted by atomic mass is 16.4. The number of allylic oxidation sites excluding steroid dienone is 5. The molecule has 0 spiro atoms. The fraction of sp³-hybridized carbons (Fsp3) is 0.227. The molecule has 0 aliphatic rings. The summed E-state index contributed by atoms with van der Waals surface area (Å²) in [7, 11) is 0. The van der Waals surface area contributed by atoms with Crippen molar-refractivity contribution >= 4 is 23.1 Å². The number of fused-ring (bicyclic) bond motifs is 1. The number of oxazole rings is 1. The Morgan fingerprint density at radius 1 is 1.13 bits per heavy atom. The molecule has 8 nitrogen and oxygen atoms in total. The predicted octanol–water partition coefficient (Wildman–Crippen LogP) is 3.52. The van der Waals surface area contributed by atoms with E-state index < -0.39 is 0 Å². The van der Waals surface area contributed by atoms with Gasteiger partial charge < -0.3 is 14.2 Å². The van der Waals surface area contributed by atoms with Crippen LogP contribution in [0.2, 0.25) is 0 Å². The van der Waals surface area contributed by atoms with E-state index in [9.17, 15) is 4.79 Å². The molecule has 3 rings (SSSR count). The number of nitriles is 1. The molecule has 2 aromatic heterocycles. The molecule has 0 aliphatic carbocycles. The summed E-state index contributed by atoms with van der Waals surface area (Å²) in [5.41, 5.74) is 2.41. The highest BCUT2D eigenvalue weighted by Crippen LogP contribution is 2.20. The Bertz CT molecular complexity index is 1130. The van der Waals surface area contributed by atoms with Crippen molar-refractivity contribution in [2.75, 3.05) is 6.54 Å². The summed E-state index contributed by atoms with van der Waals surface area (Å²) >= 11 is 0. The minimum absolute atomic E-state index is 0.0634. The van der Waals surface area contributed by atoms with Crippen molar-refractivity contribution in [3.8, 4) is 6.07 Å². The van der Waals surface area contributed by atoms with Crippen molar-refractivity contribution < 1.29 is 13.6 Å². The van der Waals surface area contributed by atoms with E-state index in [2.05, 4.69) is 33.5 Å². The second kappa shape index (κ2) is 10.5. The number of nitrogens with zero attached hydrogens (tertiary/aromatic N) is 4. The van der Waals surface area contributed by atoms with Gasteiger partial charge in [0, 0.05) is 0 Å². The highest BCUT2D eigenvalue weighted by molar-refractivity contribution is 5.77. The van der Waals surface area contributed by atoms with Crippen molar-refractivity contribution in [2.24, 2.45) is 0 Å². The Morgan fingerprint density at radius 3 is 2.80 bits per heavy atom. The number of benzene rings is 1. The fourth-order valence-electron chi connectivity index (χ4n) is 2.58. The van der Waals surface area contributed by atoms with Crippen LogP contribution in [-0.2, 0) is 17.6 Å². The lowest BCUT2D eigenvalue weighted by atomic mass is 10.2. The lowest BCUT2D eigenvalue weighted by molar-refractivity contribution is -0.120. The van der Waals surface area contributed by atoms with E-state index in [4.69, 9.17) is 14.1 Å². The first kappa shape index (κ1) is 20.7. The number of aromatic nitrogens is 3. The molecule has 0 radical (unpaired) electrons. The van der Waals surface area contributed by atoms with E-state index in [0.29, 0.717) is 17.4 Å². The average molecular weight is 403 g/mol. The molecule has 0 aliphatic heterocycles. The van der Waals surface area contributed by atoms with Crippen molar-refractivity contribution in [2.45, 2.75) is 26.2 Å². The lowest BCUT2D eigenvalue weighted by Crippen LogP contribution is -2.25. The van der Waals surface area contributed by atoms with Gasteiger partial charge in [0.1, 0.15) is 24.9 Å². The second-order valence-electron chi connectivity index (χ2n) is 6.29. The third-order valence-electron chi connectivity index (χ3n) is 3.94. The zero-order valence-electron chi connectivity index (χ0n) is 16.5. The Hall–Kier alpha value is -3.99. The molecule has 1 N–H and O–H groups in total. The van der Waals surface area contributed by atoms with Crippen LogP contribution in [0.3, 0.4) is 0 Å². The van der Waals surface area contributed by atoms with Crippen LogP contribution >= 0.6 is 0 Å². The second-order valence-corrected chi connectivity index (χ2v) is 6.29. The minimum Gasteiger partial charge on any atom is -0.440 e. The van der Waals surface area contributed by atoms with E-state index >= 15 is 0 Å². The van der Waals surface area contributed by atoms with E-state index in [1.165, 1.54) is 0 Å². The van der Waals surface area contributed by atoms with E-state index in [1.54, 1.807) is 0 Å². The van der Waals surface area contributed by atoms with Gasteiger partial charge in [-0.25, -0.2) is 4.98 Å². The Kier molecular flexibility index (Phi) is 7.28. The van der Waals surface area contributed by atoms with Gasteiger partial charge in [-0.2, -0.15) is 5.26 Å². The van der Waals surface area contributed by atoms with Gasteiger partial charge in [0.2, 0.25) is 23.6 Å². The third-order valence-corrected chi connectivity index (χ3v) is 3.94. The molecule has 0 saturated heterocycles. The maximum absolute atomic E-state index is 11.6. The molecular formula is C22H21N5O3. The number of amides is 1. The van der Waals surface area contributed by atoms with Gasteiger partial charge in [-0.15, -0.1) is 10.2 Å². The van der Waals surface area contributed by atoms with Crippen LogP contribution in [0, 0.1) is 11.3 Å². The van der Waals surface area contributed by atoms with Crippen molar-refractivity contribution in [1.82, 2.24) is 20.5 Å². The maximum Gasteiger partial charge on any atom is 0.230 e. The van der Waals surface area contributed by atoms with E-state index in [-0.39, 0.29) is 31.2 Å². The maximum atomic E-state index is 11.6. The van der Waals surface area contributed by atoms with Crippen molar-refractivity contribution in [3.05, 3.63) is 71.8 Å². The molecule has 8 heteroatoms. The number of rotatable bonds is 9. The monoisotopic (exact) mass is 403 g/mol. The van der Waals surface area contributed by atoms with E-state index in [0.717, 1.165) is 17.5 Å². The summed E-state index contributed by atoms with van der Waals surface area (Å²) in [6.45, 7) is 2.03. The van der Waals surface area contributed by atoms with Gasteiger partial charge >= 0.3 is 0 Å². The number of carbonyl (C=O) groups excluding carboxylic acids is 1. The van der Waals surface area contributed by atoms with Gasteiger partial charge in [-0.1, -0.05) is 49.4 Å². The van der Waals surface area contributed by atoms with Crippen LogP contribution < -0.4 is 5.32 Å². The number of hydrogen-bond donors (Lipinski definition) is 1. The SMILES string of the molecule is CC\C=C/C=C\C=C\c1ccc2oc(Cc3nnc(CC(=O)NCC#N)o3)nc2c1. The molecule has 1 aromatic carbocycles. The number of carbonyl (C=O) groups is 1. The van der Waals surface area contributed by atoms with Gasteiger partial charge in [-0.05, 0) is 24.1 Å². The lowest BCUT2D eigenvalue weighted by Gasteiger charge is -1.95. The topological polar surface area (TPSA) is 118 Å². The standard InChI is InChI=1S/C22H21N5O3/c1-2-3-4-5-6-7-8-16-9-10-18-17(13-16)25-20(29-18)15-22-27-26-21(30-22)14-19(28)24-12-11-23/h3-10,13H,2,12,14-15H2,1H3,(H,24,28)/b4-3-,6-5-,8-7+. The highest BCUT2D eigenvalue weighted by Gasteiger charge is 2.14. The Morgan fingerprint density at radius 2 is 1.97 bits per heavy atom. The van der Waals surface area contributed by atoms with E-state index in [1.807, 2.05) is 54.6 Å². The summed E-state index contributed by atoms with van der Waals surface area (Å²) in [6.07, 6.45) is 13.2. The van der Waals surface area contributed by atoms with Gasteiger partial charge in [-0.3, -0.25) is 4.79 Å². The van der Waals surface area contributed by atoms with Crippen molar-refractivity contribution in [3.63, 3.8) is 0 Å². The summed E-state index contributed by atoms with van der Waals surface area (Å²) < 4.78 is 11.2. The summed E-state index contributed by atoms with van der Waals surface area (Å²) in [5, 5.41) is 18.6. The summed E-state index contributed by atoms with van der Waals surface area (Å²) in [4.78, 5) is 16.1. The zero-order valence-corrected chi connectivity index (χ0v) is 16.5. The molecule has 1 amide bonds. The van der Waals surface area contributed by atoms with Gasteiger partial charge in [0.05, 0.1) is 6.07 Å². The first-order chi connectivity index (χ1) is 14.7. The quantitative estimate of drug-likeness (QED) is 0.429. The Labute approximate surface area is 173 Å². The molecular weight excluding hydrogens is 382 g/mol. The molecule has 0 saturated carbocycles. The van der Waals surface area contributed by atoms with Crippen molar-refractivity contribution in [1.29, 1.82) is 5.26 Å². The first-order valence-electron chi connectivity index (χ1n) is 9.52. The van der Waals surface area contributed by atoms with Crippen LogP contribution in [-0.4, -0.2) is 27.6 Å². The van der Waals surface area contributed by atoms with Gasteiger partial charge in [0.25, 0.3) is 0 Å². The number of hydrogen-bond acceptors (Lipinski definition) is 7. The molecule has 0 bridgehead atoms. The number of nitrogens with one attached hydrogen (secondary N) is 1. The largest absolute Gasteiger partial charge is 0.440 e. The van der Waals surface area contributed by atoms with Crippen LogP contribution in [0.25, 0.3) is 17.2 Å². The minimum atomic E-state index is -0.356. The fourth-order valence-corrected chi connectivity index (χ4v) is 2.58. The average Bonchev–Trinajstić information content (AvgIpc) is 3.34. The molecule has 2 heterocycles. The molecule has 30 heavy (non-hydrogen) atoms. The van der Waals surface area contributed by atoms with Crippen LogP contribution in [0.4, 0.5) is 0 Å². The van der Waals surface area contributed by atoms with Crippen LogP contribution in [0.15, 0.2) is 57.4 Å². The summed E-state index contributed by atoms with van der Waals surface area (Å²) in [6, 6.07) is 7.59. The first-order valence-corrected chi connectivity index (χ1v) is 9.52. The normalized spacial score (nSPS) is 11.7. The smallest absolute Gasteiger partial charge is 0.230 e. The molecule has 3 aromatic rings. The Balaban J connectivity index is 1.63. The molecule has 152 valence electrons. The molecule has 0 unspecified atom stereocenters. The predicted molar refractivity (Wildman–Crippen MR) is 111 cm³/mol. The zero-order chi connectivity index (χ0) is 21.2. The van der Waals surface area contributed by atoms with Gasteiger partial charge in [0.15, 0.2) is 5.58 Å². The van der Waals surface area contributed by atoms with Crippen LogP contribution in [0.5, 0.6) is 0 Å².